The SMILES string of the molecule is O=C1NC(=O)C2(CCN(C(=O)Oc3ccccc3)C2)N1. The number of imide groups is 1. The summed E-state index contributed by atoms with van der Waals surface area (Å²) in [6.07, 6.45) is -0.143. The summed E-state index contributed by atoms with van der Waals surface area (Å²) in [5, 5.41) is 4.77. The van der Waals surface area contributed by atoms with Gasteiger partial charge < -0.3 is 15.0 Å². The predicted molar refractivity (Wildman–Crippen MR) is 68.1 cm³/mol. The lowest BCUT2D eigenvalue weighted by atomic mass is 10.00. The van der Waals surface area contributed by atoms with Gasteiger partial charge in [0, 0.05) is 6.54 Å². The van der Waals surface area contributed by atoms with Gasteiger partial charge in [-0.05, 0) is 18.6 Å². The van der Waals surface area contributed by atoms with Crippen LogP contribution < -0.4 is 15.4 Å². The number of nitrogens with one attached hydrogen (secondary N) is 2. The fraction of sp³-hybridized carbons (Fsp3) is 0.308. The van der Waals surface area contributed by atoms with Gasteiger partial charge in [0.25, 0.3) is 5.91 Å². The summed E-state index contributed by atoms with van der Waals surface area (Å²) >= 11 is 0. The number of likely N-dealkylation sites (tertiary alicyclic amines) is 1. The number of urea groups is 1. The van der Waals surface area contributed by atoms with Crippen molar-refractivity contribution in [2.75, 3.05) is 13.1 Å². The van der Waals surface area contributed by atoms with Crippen LogP contribution in [0.3, 0.4) is 0 Å². The number of amides is 4. The molecule has 1 unspecified atom stereocenters. The highest BCUT2D eigenvalue weighted by molar-refractivity contribution is 6.07. The van der Waals surface area contributed by atoms with Crippen LogP contribution in [0.1, 0.15) is 6.42 Å². The lowest BCUT2D eigenvalue weighted by molar-refractivity contribution is -0.123. The molecule has 2 fully saturated rings. The maximum Gasteiger partial charge on any atom is 0.415 e. The van der Waals surface area contributed by atoms with Crippen LogP contribution in [0.2, 0.25) is 0 Å². The molecule has 1 spiro atoms. The molecule has 1 atom stereocenters. The van der Waals surface area contributed by atoms with Crippen molar-refractivity contribution in [3.8, 4) is 5.75 Å². The third-order valence-electron chi connectivity index (χ3n) is 3.49. The molecule has 2 aliphatic rings. The van der Waals surface area contributed by atoms with Gasteiger partial charge in [0.2, 0.25) is 0 Å². The van der Waals surface area contributed by atoms with E-state index >= 15 is 0 Å². The number of benzene rings is 1. The van der Waals surface area contributed by atoms with Crippen molar-refractivity contribution in [2.24, 2.45) is 0 Å². The zero-order chi connectivity index (χ0) is 14.2. The Morgan fingerprint density at radius 3 is 2.65 bits per heavy atom. The van der Waals surface area contributed by atoms with E-state index in [1.807, 2.05) is 6.07 Å². The van der Waals surface area contributed by atoms with E-state index in [1.54, 1.807) is 24.3 Å². The smallest absolute Gasteiger partial charge is 0.410 e. The van der Waals surface area contributed by atoms with Crippen LogP contribution in [0.5, 0.6) is 5.75 Å². The lowest BCUT2D eigenvalue weighted by Gasteiger charge is -2.20. The third kappa shape index (κ3) is 2.07. The largest absolute Gasteiger partial charge is 0.415 e. The van der Waals surface area contributed by atoms with Gasteiger partial charge in [0.05, 0.1) is 6.54 Å². The normalized spacial score (nSPS) is 24.7. The molecule has 104 valence electrons. The first-order valence-electron chi connectivity index (χ1n) is 6.24. The summed E-state index contributed by atoms with van der Waals surface area (Å²) < 4.78 is 5.21. The fourth-order valence-corrected chi connectivity index (χ4v) is 2.43. The summed E-state index contributed by atoms with van der Waals surface area (Å²) in [5.41, 5.74) is -1.01. The van der Waals surface area contributed by atoms with Gasteiger partial charge in [-0.15, -0.1) is 0 Å². The molecule has 20 heavy (non-hydrogen) atoms. The minimum atomic E-state index is -1.01. The van der Waals surface area contributed by atoms with Crippen molar-refractivity contribution in [3.63, 3.8) is 0 Å². The Bertz CT molecular complexity index is 574. The Kier molecular flexibility index (Phi) is 2.81. The summed E-state index contributed by atoms with van der Waals surface area (Å²) in [4.78, 5) is 36.4. The first kappa shape index (κ1) is 12.5. The predicted octanol–water partition coefficient (Wildman–Crippen LogP) is 0.469. The second-order valence-corrected chi connectivity index (χ2v) is 4.84. The second-order valence-electron chi connectivity index (χ2n) is 4.84. The Morgan fingerprint density at radius 2 is 2.00 bits per heavy atom. The van der Waals surface area contributed by atoms with Gasteiger partial charge in [-0.25, -0.2) is 9.59 Å². The highest BCUT2D eigenvalue weighted by atomic mass is 16.6. The number of carbonyl (C=O) groups is 3. The van der Waals surface area contributed by atoms with Crippen molar-refractivity contribution in [1.29, 1.82) is 0 Å². The third-order valence-corrected chi connectivity index (χ3v) is 3.49. The molecule has 0 aromatic heterocycles. The Balaban J connectivity index is 1.67. The van der Waals surface area contributed by atoms with E-state index in [9.17, 15) is 14.4 Å². The van der Waals surface area contributed by atoms with Gasteiger partial charge >= 0.3 is 12.1 Å². The van der Waals surface area contributed by atoms with E-state index < -0.39 is 23.6 Å². The average molecular weight is 275 g/mol. The molecule has 0 radical (unpaired) electrons. The molecular weight excluding hydrogens is 262 g/mol. The second kappa shape index (κ2) is 4.52. The number of nitrogens with zero attached hydrogens (tertiary/aromatic N) is 1. The molecular formula is C13H13N3O4. The van der Waals surface area contributed by atoms with E-state index in [0.29, 0.717) is 18.7 Å². The van der Waals surface area contributed by atoms with Crippen LogP contribution in [0.25, 0.3) is 0 Å². The first-order valence-corrected chi connectivity index (χ1v) is 6.24. The highest BCUT2D eigenvalue weighted by Gasteiger charge is 2.52. The molecule has 3 rings (SSSR count). The highest BCUT2D eigenvalue weighted by Crippen LogP contribution is 2.25. The van der Waals surface area contributed by atoms with Crippen LogP contribution in [-0.2, 0) is 4.79 Å². The number of carbonyl (C=O) groups excluding carboxylic acids is 3. The summed E-state index contributed by atoms with van der Waals surface area (Å²) in [5.74, 6) is 0.0517. The number of hydrogen-bond donors (Lipinski definition) is 2. The van der Waals surface area contributed by atoms with Crippen molar-refractivity contribution in [2.45, 2.75) is 12.0 Å². The molecule has 2 heterocycles. The molecule has 4 amide bonds. The van der Waals surface area contributed by atoms with Crippen LogP contribution in [0.15, 0.2) is 30.3 Å². The Morgan fingerprint density at radius 1 is 1.25 bits per heavy atom. The van der Waals surface area contributed by atoms with E-state index in [2.05, 4.69) is 10.6 Å². The zero-order valence-electron chi connectivity index (χ0n) is 10.6. The molecule has 2 N–H and O–H groups in total. The van der Waals surface area contributed by atoms with E-state index in [1.165, 1.54) is 4.90 Å². The summed E-state index contributed by atoms with van der Waals surface area (Å²) in [6.45, 7) is 0.482. The number of para-hydroxylation sites is 1. The fourth-order valence-electron chi connectivity index (χ4n) is 2.43. The van der Waals surface area contributed by atoms with E-state index in [4.69, 9.17) is 4.74 Å². The number of ether oxygens (including phenoxy) is 1. The van der Waals surface area contributed by atoms with Crippen LogP contribution in [0, 0.1) is 0 Å². The maximum absolute atomic E-state index is 12.0. The molecule has 1 aromatic carbocycles. The molecule has 1 aromatic rings. The van der Waals surface area contributed by atoms with Gasteiger partial charge in [0.15, 0.2) is 0 Å². The first-order chi connectivity index (χ1) is 9.59. The monoisotopic (exact) mass is 275 g/mol. The Labute approximate surface area is 114 Å². The van der Waals surface area contributed by atoms with Gasteiger partial charge in [0.1, 0.15) is 11.3 Å². The van der Waals surface area contributed by atoms with Crippen molar-refractivity contribution in [3.05, 3.63) is 30.3 Å². The van der Waals surface area contributed by atoms with Crippen molar-refractivity contribution >= 4 is 18.0 Å². The van der Waals surface area contributed by atoms with E-state index in [0.717, 1.165) is 0 Å². The molecule has 0 bridgehead atoms. The molecule has 7 nitrogen and oxygen atoms in total. The van der Waals surface area contributed by atoms with Gasteiger partial charge in [-0.1, -0.05) is 18.2 Å². The quantitative estimate of drug-likeness (QED) is 0.729. The van der Waals surface area contributed by atoms with Crippen LogP contribution in [0.4, 0.5) is 9.59 Å². The minimum Gasteiger partial charge on any atom is -0.410 e. The maximum atomic E-state index is 12.0. The molecule has 0 aliphatic carbocycles. The molecule has 0 saturated carbocycles. The number of rotatable bonds is 1. The van der Waals surface area contributed by atoms with Crippen LogP contribution in [-0.4, -0.2) is 41.6 Å². The topological polar surface area (TPSA) is 87.7 Å². The summed E-state index contributed by atoms with van der Waals surface area (Å²) in [6, 6.07) is 8.17. The average Bonchev–Trinajstić information content (AvgIpc) is 2.96. The Hall–Kier alpha value is -2.57. The standard InChI is InChI=1S/C13H13N3O4/c17-10-13(15-11(18)14-10)6-7-16(8-13)12(19)20-9-4-2-1-3-5-9/h1-5H,6-8H2,(H2,14,15,17,18). The zero-order valence-corrected chi connectivity index (χ0v) is 10.6. The molecule has 2 saturated heterocycles. The van der Waals surface area contributed by atoms with E-state index in [-0.39, 0.29) is 6.54 Å². The molecule has 7 heteroatoms. The van der Waals surface area contributed by atoms with Crippen molar-refractivity contribution in [1.82, 2.24) is 15.5 Å². The van der Waals surface area contributed by atoms with Gasteiger partial charge in [-0.2, -0.15) is 0 Å². The van der Waals surface area contributed by atoms with Crippen molar-refractivity contribution < 1.29 is 19.1 Å². The minimum absolute atomic E-state index is 0.121. The summed E-state index contributed by atoms with van der Waals surface area (Å²) in [7, 11) is 0. The number of hydrogen-bond acceptors (Lipinski definition) is 4. The van der Waals surface area contributed by atoms with Gasteiger partial charge in [-0.3, -0.25) is 10.1 Å². The molecule has 2 aliphatic heterocycles. The van der Waals surface area contributed by atoms with Crippen LogP contribution >= 0.6 is 0 Å². The lowest BCUT2D eigenvalue weighted by Crippen LogP contribution is -2.49.